The normalized spacial score (nSPS) is 10.2. The van der Waals surface area contributed by atoms with Gasteiger partial charge in [-0.2, -0.15) is 0 Å². The number of amides is 1. The van der Waals surface area contributed by atoms with Gasteiger partial charge in [-0.1, -0.05) is 0 Å². The highest BCUT2D eigenvalue weighted by molar-refractivity contribution is 9.11. The van der Waals surface area contributed by atoms with E-state index < -0.39 is 0 Å². The lowest BCUT2D eigenvalue weighted by Crippen LogP contribution is -2.22. The highest BCUT2D eigenvalue weighted by atomic mass is 79.9. The molecule has 2 rings (SSSR count). The highest BCUT2D eigenvalue weighted by Crippen LogP contribution is 2.20. The molecule has 0 fully saturated rings. The Morgan fingerprint density at radius 3 is 3.13 bits per heavy atom. The molecule has 0 radical (unpaired) electrons. The van der Waals surface area contributed by atoms with E-state index >= 15 is 0 Å². The Balaban J connectivity index is 1.93. The Bertz CT molecular complexity index is 452. The second-order valence-corrected chi connectivity index (χ2v) is 5.15. The number of nitrogens with one attached hydrogen (secondary N) is 2. The van der Waals surface area contributed by atoms with Crippen LogP contribution in [0.5, 0.6) is 0 Å². The number of aromatic amines is 1. The molecule has 0 aliphatic rings. The highest BCUT2D eigenvalue weighted by Gasteiger charge is 2.07. The van der Waals surface area contributed by atoms with E-state index in [1.54, 1.807) is 18.5 Å². The summed E-state index contributed by atoms with van der Waals surface area (Å²) < 4.78 is 0.950. The van der Waals surface area contributed by atoms with Crippen LogP contribution >= 0.6 is 27.3 Å². The van der Waals surface area contributed by atoms with E-state index in [0.717, 1.165) is 9.61 Å². The number of halogens is 1. The number of carbonyl (C=O) groups is 1. The standard InChI is InChI=1S/C9H8BrN3OS/c10-7-3-6(5-15-7)9(14)13-4-8-11-1-2-12-8/h1-3,5H,4H2,(H,11,12)(H,13,14). The zero-order chi connectivity index (χ0) is 10.7. The van der Waals surface area contributed by atoms with Crippen molar-refractivity contribution in [3.05, 3.63) is 39.0 Å². The molecule has 0 spiro atoms. The van der Waals surface area contributed by atoms with Gasteiger partial charge in [-0.05, 0) is 22.0 Å². The molecule has 2 aromatic heterocycles. The summed E-state index contributed by atoms with van der Waals surface area (Å²) in [6.07, 6.45) is 3.38. The van der Waals surface area contributed by atoms with Crippen molar-refractivity contribution in [3.8, 4) is 0 Å². The Labute approximate surface area is 98.9 Å². The van der Waals surface area contributed by atoms with E-state index in [9.17, 15) is 4.79 Å². The third kappa shape index (κ3) is 2.66. The maximum Gasteiger partial charge on any atom is 0.252 e. The Morgan fingerprint density at radius 1 is 1.67 bits per heavy atom. The Kier molecular flexibility index (Phi) is 3.17. The van der Waals surface area contributed by atoms with E-state index in [1.165, 1.54) is 11.3 Å². The van der Waals surface area contributed by atoms with Crippen molar-refractivity contribution >= 4 is 33.2 Å². The molecule has 2 aromatic rings. The van der Waals surface area contributed by atoms with Crippen LogP contribution in [0.15, 0.2) is 27.6 Å². The van der Waals surface area contributed by atoms with Gasteiger partial charge in [-0.15, -0.1) is 11.3 Å². The summed E-state index contributed by atoms with van der Waals surface area (Å²) in [6.45, 7) is 0.416. The maximum atomic E-state index is 11.6. The van der Waals surface area contributed by atoms with Crippen LogP contribution in [0, 0.1) is 0 Å². The lowest BCUT2D eigenvalue weighted by Gasteiger charge is -2.00. The molecule has 15 heavy (non-hydrogen) atoms. The van der Waals surface area contributed by atoms with Crippen LogP contribution < -0.4 is 5.32 Å². The third-order valence-corrected chi connectivity index (χ3v) is 3.31. The van der Waals surface area contributed by atoms with Gasteiger partial charge < -0.3 is 10.3 Å². The van der Waals surface area contributed by atoms with Gasteiger partial charge in [0.2, 0.25) is 0 Å². The molecule has 0 aliphatic carbocycles. The van der Waals surface area contributed by atoms with Gasteiger partial charge in [-0.25, -0.2) is 4.98 Å². The summed E-state index contributed by atoms with van der Waals surface area (Å²) in [5, 5.41) is 4.57. The molecule has 0 atom stereocenters. The maximum absolute atomic E-state index is 11.6. The monoisotopic (exact) mass is 285 g/mol. The molecule has 2 N–H and O–H groups in total. The topological polar surface area (TPSA) is 57.8 Å². The minimum absolute atomic E-state index is 0.0895. The first-order chi connectivity index (χ1) is 7.25. The number of hydrogen-bond donors (Lipinski definition) is 2. The van der Waals surface area contributed by atoms with E-state index in [2.05, 4.69) is 31.2 Å². The van der Waals surface area contributed by atoms with Crippen molar-refractivity contribution in [2.45, 2.75) is 6.54 Å². The Hall–Kier alpha value is -1.14. The lowest BCUT2D eigenvalue weighted by atomic mass is 10.3. The number of hydrogen-bond acceptors (Lipinski definition) is 3. The first kappa shape index (κ1) is 10.4. The van der Waals surface area contributed by atoms with Crippen LogP contribution in [0.2, 0.25) is 0 Å². The summed E-state index contributed by atoms with van der Waals surface area (Å²) in [7, 11) is 0. The fourth-order valence-corrected chi connectivity index (χ4v) is 2.23. The largest absolute Gasteiger partial charge is 0.347 e. The van der Waals surface area contributed by atoms with Gasteiger partial charge in [0, 0.05) is 17.8 Å². The second kappa shape index (κ2) is 4.59. The lowest BCUT2D eigenvalue weighted by molar-refractivity contribution is 0.0950. The molecule has 0 saturated heterocycles. The van der Waals surface area contributed by atoms with Crippen LogP contribution in [0.4, 0.5) is 0 Å². The van der Waals surface area contributed by atoms with Crippen molar-refractivity contribution in [3.63, 3.8) is 0 Å². The fraction of sp³-hybridized carbons (Fsp3) is 0.111. The molecule has 1 amide bonds. The second-order valence-electron chi connectivity index (χ2n) is 2.86. The molecule has 0 saturated carbocycles. The van der Waals surface area contributed by atoms with Crippen molar-refractivity contribution < 1.29 is 4.79 Å². The van der Waals surface area contributed by atoms with Gasteiger partial charge in [0.1, 0.15) is 5.82 Å². The number of imidazole rings is 1. The average molecular weight is 286 g/mol. The third-order valence-electron chi connectivity index (χ3n) is 1.80. The van der Waals surface area contributed by atoms with Gasteiger partial charge in [0.25, 0.3) is 5.91 Å². The first-order valence-electron chi connectivity index (χ1n) is 4.26. The van der Waals surface area contributed by atoms with Gasteiger partial charge in [0.15, 0.2) is 0 Å². The van der Waals surface area contributed by atoms with Crippen molar-refractivity contribution in [2.24, 2.45) is 0 Å². The summed E-state index contributed by atoms with van der Waals surface area (Å²) in [5.74, 6) is 0.658. The van der Waals surface area contributed by atoms with Crippen molar-refractivity contribution in [2.75, 3.05) is 0 Å². The van der Waals surface area contributed by atoms with Crippen LogP contribution in [-0.4, -0.2) is 15.9 Å². The number of H-pyrrole nitrogens is 1. The van der Waals surface area contributed by atoms with Crippen LogP contribution in [0.3, 0.4) is 0 Å². The summed E-state index contributed by atoms with van der Waals surface area (Å²) >= 11 is 4.80. The van der Waals surface area contributed by atoms with Gasteiger partial charge in [0.05, 0.1) is 15.9 Å². The van der Waals surface area contributed by atoms with Crippen molar-refractivity contribution in [1.29, 1.82) is 0 Å². The molecular formula is C9H8BrN3OS. The van der Waals surface area contributed by atoms with Crippen molar-refractivity contribution in [1.82, 2.24) is 15.3 Å². The molecule has 78 valence electrons. The predicted octanol–water partition coefficient (Wildman–Crippen LogP) is 2.16. The van der Waals surface area contributed by atoms with Gasteiger partial charge >= 0.3 is 0 Å². The van der Waals surface area contributed by atoms with Crippen LogP contribution in [-0.2, 0) is 6.54 Å². The fourth-order valence-electron chi connectivity index (χ4n) is 1.09. The number of aromatic nitrogens is 2. The van der Waals surface area contributed by atoms with E-state index in [4.69, 9.17) is 0 Å². The summed E-state index contributed by atoms with van der Waals surface area (Å²) in [6, 6.07) is 1.79. The summed E-state index contributed by atoms with van der Waals surface area (Å²) in [5.41, 5.74) is 0.665. The number of rotatable bonds is 3. The van der Waals surface area contributed by atoms with Gasteiger partial charge in [-0.3, -0.25) is 4.79 Å². The number of nitrogens with zero attached hydrogens (tertiary/aromatic N) is 1. The smallest absolute Gasteiger partial charge is 0.252 e. The minimum Gasteiger partial charge on any atom is -0.347 e. The number of thiophene rings is 1. The van der Waals surface area contributed by atoms with E-state index in [-0.39, 0.29) is 5.91 Å². The average Bonchev–Trinajstić information content (AvgIpc) is 2.84. The van der Waals surface area contributed by atoms with Crippen LogP contribution in [0.1, 0.15) is 16.2 Å². The van der Waals surface area contributed by atoms with Crippen LogP contribution in [0.25, 0.3) is 0 Å². The minimum atomic E-state index is -0.0895. The molecule has 6 heteroatoms. The molecule has 4 nitrogen and oxygen atoms in total. The Morgan fingerprint density at radius 2 is 2.53 bits per heavy atom. The van der Waals surface area contributed by atoms with E-state index in [1.807, 2.05) is 5.38 Å². The zero-order valence-electron chi connectivity index (χ0n) is 7.66. The molecule has 2 heterocycles. The molecule has 0 unspecified atom stereocenters. The SMILES string of the molecule is O=C(NCc1ncc[nH]1)c1csc(Br)c1. The predicted molar refractivity (Wildman–Crippen MR) is 61.8 cm³/mol. The summed E-state index contributed by atoms with van der Waals surface area (Å²) in [4.78, 5) is 18.5. The molecular weight excluding hydrogens is 278 g/mol. The molecule has 0 aromatic carbocycles. The first-order valence-corrected chi connectivity index (χ1v) is 5.93. The van der Waals surface area contributed by atoms with E-state index in [0.29, 0.717) is 12.1 Å². The molecule has 0 bridgehead atoms. The number of carbonyl (C=O) groups excluding carboxylic acids is 1. The zero-order valence-corrected chi connectivity index (χ0v) is 10.1. The quantitative estimate of drug-likeness (QED) is 0.908. The molecule has 0 aliphatic heterocycles.